The molecular formula is C23H19Cl3SiTi. The third-order valence-corrected chi connectivity index (χ3v) is 12.5. The topological polar surface area (TPSA) is 0 Å². The summed E-state index contributed by atoms with van der Waals surface area (Å²) >= 11 is 2.40. The van der Waals surface area contributed by atoms with Gasteiger partial charge in [0.05, 0.1) is 0 Å². The van der Waals surface area contributed by atoms with E-state index in [1.807, 2.05) is 0 Å². The van der Waals surface area contributed by atoms with E-state index in [2.05, 4.69) is 136 Å². The molecule has 0 radical (unpaired) electrons. The standard InChI is InChI=1S/C23H19Si.3ClH.Ti/c1-4-12-20(13-5-1)24(23-18-10-11-19-23,21-14-6-2-7-15-21)22-16-8-3-9-17-22;;;;/h1-19H;3*1H;/q;;;;+3/p-3. The van der Waals surface area contributed by atoms with Crippen LogP contribution in [0.15, 0.2) is 115 Å². The Bertz CT molecular complexity index is 804. The van der Waals surface area contributed by atoms with Crippen molar-refractivity contribution in [3.63, 3.8) is 0 Å². The minimum absolute atomic E-state index is 0. The molecule has 3 aromatic rings. The first-order chi connectivity index (χ1) is 12.3. The zero-order valence-corrected chi connectivity index (χ0v) is 19.9. The predicted octanol–water partition coefficient (Wildman–Crippen LogP) is -5.46. The molecule has 0 fully saturated rings. The summed E-state index contributed by atoms with van der Waals surface area (Å²) in [6, 6.07) is 33.3. The number of hydrogen-bond donors (Lipinski definition) is 0. The zero-order chi connectivity index (χ0) is 17.2. The summed E-state index contributed by atoms with van der Waals surface area (Å²) in [5.41, 5.74) is 0. The third-order valence-electron chi connectivity index (χ3n) is 5.07. The second-order valence-corrected chi connectivity index (χ2v) is 12.6. The van der Waals surface area contributed by atoms with Crippen LogP contribution in [0.2, 0.25) is 3.34 Å². The summed E-state index contributed by atoms with van der Waals surface area (Å²) in [7, 11) is -2.29. The molecule has 0 atom stereocenters. The number of benzene rings is 3. The molecule has 0 spiro atoms. The summed E-state index contributed by atoms with van der Waals surface area (Å²) in [6.07, 6.45) is 9.20. The quantitative estimate of drug-likeness (QED) is 0.260. The average Bonchev–Trinajstić information content (AvgIpc) is 3.13. The van der Waals surface area contributed by atoms with Crippen molar-refractivity contribution in [1.29, 1.82) is 0 Å². The predicted molar refractivity (Wildman–Crippen MR) is 105 cm³/mol. The van der Waals surface area contributed by atoms with Crippen LogP contribution in [0, 0.1) is 0 Å². The van der Waals surface area contributed by atoms with Crippen molar-refractivity contribution < 1.29 is 57.7 Å². The summed E-state index contributed by atoms with van der Waals surface area (Å²) in [4.78, 5) is 0. The van der Waals surface area contributed by atoms with Gasteiger partial charge in [-0.15, -0.1) is 0 Å². The molecule has 0 saturated heterocycles. The van der Waals surface area contributed by atoms with E-state index < -0.39 is 8.07 Å². The fourth-order valence-electron chi connectivity index (χ4n) is 4.00. The normalized spacial score (nSPS) is 13.8. The van der Waals surface area contributed by atoms with Crippen LogP contribution in [0.3, 0.4) is 0 Å². The summed E-state index contributed by atoms with van der Waals surface area (Å²) in [5, 5.41) is 4.35. The van der Waals surface area contributed by atoms with Gasteiger partial charge in [0.15, 0.2) is 0 Å². The van der Waals surface area contributed by atoms with Crippen LogP contribution in [0.25, 0.3) is 0 Å². The summed E-state index contributed by atoms with van der Waals surface area (Å²) < 4.78 is -0.00292. The number of halogens is 3. The Kier molecular flexibility index (Phi) is 9.49. The van der Waals surface area contributed by atoms with Crippen molar-refractivity contribution in [3.8, 4) is 0 Å². The van der Waals surface area contributed by atoms with E-state index in [0.29, 0.717) is 0 Å². The van der Waals surface area contributed by atoms with Crippen molar-refractivity contribution in [2.24, 2.45) is 0 Å². The molecule has 0 heterocycles. The molecule has 140 valence electrons. The molecule has 0 amide bonds. The third kappa shape index (κ3) is 4.12. The van der Waals surface area contributed by atoms with Crippen molar-refractivity contribution in [2.45, 2.75) is 3.34 Å². The molecule has 0 aliphatic heterocycles. The monoisotopic (exact) mass is 476 g/mol. The van der Waals surface area contributed by atoms with Crippen LogP contribution in [-0.2, 0) is 20.4 Å². The molecule has 5 heteroatoms. The fraction of sp³-hybridized carbons (Fsp3) is 0.0435. The average molecular weight is 478 g/mol. The molecule has 0 nitrogen and oxygen atoms in total. The van der Waals surface area contributed by atoms with E-state index in [0.717, 1.165) is 0 Å². The molecule has 1 aliphatic carbocycles. The van der Waals surface area contributed by atoms with Crippen molar-refractivity contribution >= 4 is 23.6 Å². The Balaban J connectivity index is 0.00000131. The van der Waals surface area contributed by atoms with E-state index in [9.17, 15) is 0 Å². The maximum atomic E-state index is 2.40. The first kappa shape index (κ1) is 25.0. The van der Waals surface area contributed by atoms with Crippen molar-refractivity contribution in [2.75, 3.05) is 0 Å². The maximum absolute atomic E-state index is 2.40. The van der Waals surface area contributed by atoms with Gasteiger partial charge in [0.1, 0.15) is 0 Å². The van der Waals surface area contributed by atoms with Gasteiger partial charge >= 0.3 is 163 Å². The van der Waals surface area contributed by atoms with Crippen LogP contribution in [0.5, 0.6) is 0 Å². The summed E-state index contributed by atoms with van der Waals surface area (Å²) in [5.74, 6) is 0. The first-order valence-corrected chi connectivity index (χ1v) is 11.3. The van der Waals surface area contributed by atoms with Gasteiger partial charge in [-0.3, -0.25) is 0 Å². The van der Waals surface area contributed by atoms with Crippen molar-refractivity contribution in [3.05, 3.63) is 115 Å². The minimum atomic E-state index is -2.29. The Labute approximate surface area is 198 Å². The molecule has 0 unspecified atom stereocenters. The Morgan fingerprint density at radius 2 is 0.786 bits per heavy atom. The Morgan fingerprint density at radius 3 is 1.07 bits per heavy atom. The SMILES string of the molecule is [Cl-].[Cl-].[Cl-].[Ti+3][C]1([Si](c2ccccc2)(c2ccccc2)c2ccccc2)C=CC=C1. The molecule has 3 aromatic carbocycles. The van der Waals surface area contributed by atoms with E-state index in [4.69, 9.17) is 0 Å². The van der Waals surface area contributed by atoms with Gasteiger partial charge in [0, 0.05) is 0 Å². The molecule has 0 saturated carbocycles. The van der Waals surface area contributed by atoms with Crippen LogP contribution < -0.4 is 52.8 Å². The first-order valence-electron chi connectivity index (χ1n) is 8.56. The van der Waals surface area contributed by atoms with E-state index in [-0.39, 0.29) is 40.6 Å². The van der Waals surface area contributed by atoms with E-state index in [1.165, 1.54) is 15.6 Å². The van der Waals surface area contributed by atoms with Crippen LogP contribution in [0.1, 0.15) is 0 Å². The Hall–Kier alpha value is -1.06. The van der Waals surface area contributed by atoms with Gasteiger partial charge in [-0.1, -0.05) is 0 Å². The number of hydrogen-bond acceptors (Lipinski definition) is 0. The molecular weight excluding hydrogens is 459 g/mol. The van der Waals surface area contributed by atoms with E-state index >= 15 is 0 Å². The van der Waals surface area contributed by atoms with Gasteiger partial charge in [0.2, 0.25) is 0 Å². The second-order valence-electron chi connectivity index (χ2n) is 6.44. The molecule has 0 aromatic heterocycles. The molecule has 0 N–H and O–H groups in total. The molecule has 28 heavy (non-hydrogen) atoms. The zero-order valence-electron chi connectivity index (χ0n) is 15.1. The van der Waals surface area contributed by atoms with Crippen molar-refractivity contribution in [1.82, 2.24) is 0 Å². The van der Waals surface area contributed by atoms with Gasteiger partial charge < -0.3 is 37.2 Å². The van der Waals surface area contributed by atoms with Gasteiger partial charge in [-0.2, -0.15) is 0 Å². The second kappa shape index (κ2) is 10.6. The van der Waals surface area contributed by atoms with Crippen LogP contribution in [0.4, 0.5) is 0 Å². The summed E-state index contributed by atoms with van der Waals surface area (Å²) in [6.45, 7) is 0. The van der Waals surface area contributed by atoms with Crippen LogP contribution in [-0.4, -0.2) is 8.07 Å². The van der Waals surface area contributed by atoms with Gasteiger partial charge in [-0.05, 0) is 0 Å². The molecule has 1 aliphatic rings. The van der Waals surface area contributed by atoms with Gasteiger partial charge in [0.25, 0.3) is 0 Å². The molecule has 0 bridgehead atoms. The van der Waals surface area contributed by atoms with E-state index in [1.54, 1.807) is 0 Å². The Morgan fingerprint density at radius 1 is 0.500 bits per heavy atom. The number of allylic oxidation sites excluding steroid dienone is 4. The van der Waals surface area contributed by atoms with Gasteiger partial charge in [-0.25, -0.2) is 0 Å². The number of rotatable bonds is 4. The van der Waals surface area contributed by atoms with Crippen LogP contribution >= 0.6 is 0 Å². The fourth-order valence-corrected chi connectivity index (χ4v) is 11.5. The molecule has 4 rings (SSSR count).